The third-order valence-corrected chi connectivity index (χ3v) is 2.66. The highest BCUT2D eigenvalue weighted by Crippen LogP contribution is 2.25. The summed E-state index contributed by atoms with van der Waals surface area (Å²) in [5.41, 5.74) is 5.17. The maximum Gasteiger partial charge on any atom is 0.278 e. The number of benzene rings is 1. The van der Waals surface area contributed by atoms with Gasteiger partial charge in [-0.25, -0.2) is 18.7 Å². The van der Waals surface area contributed by atoms with Crippen LogP contribution in [0.15, 0.2) is 24.5 Å². The van der Waals surface area contributed by atoms with E-state index in [0.717, 1.165) is 12.1 Å². The topological polar surface area (TPSA) is 84.1 Å². The Hall–Kier alpha value is -2.77. The van der Waals surface area contributed by atoms with Crippen LogP contribution in [0, 0.1) is 11.6 Å². The second kappa shape index (κ2) is 5.70. The smallest absolute Gasteiger partial charge is 0.278 e. The molecule has 0 atom stereocenters. The minimum absolute atomic E-state index is 0.0364. The lowest BCUT2D eigenvalue weighted by atomic mass is 10.2. The van der Waals surface area contributed by atoms with E-state index in [2.05, 4.69) is 15.3 Å². The number of amides is 1. The van der Waals surface area contributed by atoms with Crippen molar-refractivity contribution in [1.29, 1.82) is 0 Å². The highest BCUT2D eigenvalue weighted by Gasteiger charge is 2.16. The Morgan fingerprint density at radius 1 is 1.19 bits per heavy atom. The van der Waals surface area contributed by atoms with Crippen LogP contribution in [0.25, 0.3) is 0 Å². The summed E-state index contributed by atoms with van der Waals surface area (Å²) in [6.45, 7) is 0. The Morgan fingerprint density at radius 2 is 1.76 bits per heavy atom. The molecule has 3 N–H and O–H groups in total. The lowest BCUT2D eigenvalue weighted by Crippen LogP contribution is -2.18. The number of carbonyl (C=O) groups is 1. The van der Waals surface area contributed by atoms with Crippen LogP contribution in [-0.2, 0) is 0 Å². The molecule has 0 aliphatic heterocycles. The van der Waals surface area contributed by atoms with E-state index in [1.165, 1.54) is 31.4 Å². The Bertz CT molecular complexity index is 667. The molecule has 0 aliphatic rings. The van der Waals surface area contributed by atoms with Crippen LogP contribution >= 0.6 is 0 Å². The number of rotatable bonds is 3. The van der Waals surface area contributed by atoms with Crippen molar-refractivity contribution in [2.24, 2.45) is 0 Å². The number of aromatic nitrogens is 2. The van der Waals surface area contributed by atoms with E-state index >= 15 is 0 Å². The Kier molecular flexibility index (Phi) is 3.97. The van der Waals surface area contributed by atoms with E-state index in [4.69, 9.17) is 5.73 Å². The van der Waals surface area contributed by atoms with Crippen LogP contribution in [0.2, 0.25) is 0 Å². The van der Waals surface area contributed by atoms with Gasteiger partial charge in [-0.3, -0.25) is 4.79 Å². The van der Waals surface area contributed by atoms with E-state index in [9.17, 15) is 13.6 Å². The van der Waals surface area contributed by atoms with Crippen LogP contribution in [0.1, 0.15) is 10.5 Å². The molecule has 0 saturated carbocycles. The van der Waals surface area contributed by atoms with E-state index in [0.29, 0.717) is 0 Å². The van der Waals surface area contributed by atoms with Gasteiger partial charge in [-0.05, 0) is 12.1 Å². The van der Waals surface area contributed by atoms with Gasteiger partial charge in [-0.1, -0.05) is 0 Å². The van der Waals surface area contributed by atoms with Gasteiger partial charge in [-0.2, -0.15) is 0 Å². The zero-order valence-corrected chi connectivity index (χ0v) is 11.4. The predicted octanol–water partition coefficient (Wildman–Crippen LogP) is 1.66. The average Bonchev–Trinajstić information content (AvgIpc) is 2.37. The highest BCUT2D eigenvalue weighted by atomic mass is 19.1. The Labute approximate surface area is 119 Å². The standard InChI is InChI=1S/C13H13F2N5O/c1-20(2)11-8(14)5-7(6-9(11)15)19-13(21)10-12(16)18-4-3-17-10/h3-6H,1-2H3,(H2,16,18)(H,19,21). The van der Waals surface area contributed by atoms with Gasteiger partial charge in [0.1, 0.15) is 5.69 Å². The number of anilines is 3. The summed E-state index contributed by atoms with van der Waals surface area (Å²) in [6.07, 6.45) is 2.62. The normalized spacial score (nSPS) is 10.3. The van der Waals surface area contributed by atoms with Crippen molar-refractivity contribution in [2.45, 2.75) is 0 Å². The molecule has 0 fully saturated rings. The minimum atomic E-state index is -0.789. The van der Waals surface area contributed by atoms with Crippen molar-refractivity contribution in [3.8, 4) is 0 Å². The van der Waals surface area contributed by atoms with Crippen LogP contribution in [-0.4, -0.2) is 30.0 Å². The molecule has 1 amide bonds. The number of halogens is 2. The maximum atomic E-state index is 13.8. The lowest BCUT2D eigenvalue weighted by molar-refractivity contribution is 0.102. The molecule has 0 aliphatic carbocycles. The lowest BCUT2D eigenvalue weighted by Gasteiger charge is -2.15. The zero-order valence-electron chi connectivity index (χ0n) is 11.4. The average molecular weight is 293 g/mol. The summed E-state index contributed by atoms with van der Waals surface area (Å²) >= 11 is 0. The number of nitrogen functional groups attached to an aromatic ring is 1. The Balaban J connectivity index is 2.29. The van der Waals surface area contributed by atoms with Gasteiger partial charge in [0.25, 0.3) is 5.91 Å². The van der Waals surface area contributed by atoms with Gasteiger partial charge >= 0.3 is 0 Å². The number of nitrogens with zero attached hydrogens (tertiary/aromatic N) is 3. The molecular formula is C13H13F2N5O. The summed E-state index contributed by atoms with van der Waals surface area (Å²) in [5, 5.41) is 2.33. The molecule has 0 spiro atoms. The molecule has 110 valence electrons. The predicted molar refractivity (Wildman–Crippen MR) is 75.1 cm³/mol. The molecule has 1 aromatic carbocycles. The van der Waals surface area contributed by atoms with E-state index in [-0.39, 0.29) is 22.9 Å². The van der Waals surface area contributed by atoms with Crippen LogP contribution in [0.3, 0.4) is 0 Å². The number of hydrogen-bond donors (Lipinski definition) is 2. The van der Waals surface area contributed by atoms with Crippen molar-refractivity contribution < 1.29 is 13.6 Å². The molecule has 8 heteroatoms. The molecule has 0 saturated heterocycles. The fourth-order valence-corrected chi connectivity index (χ4v) is 1.78. The van der Waals surface area contributed by atoms with E-state index in [1.807, 2.05) is 0 Å². The van der Waals surface area contributed by atoms with E-state index in [1.54, 1.807) is 0 Å². The first kappa shape index (κ1) is 14.6. The number of nitrogens with two attached hydrogens (primary N) is 1. The Morgan fingerprint density at radius 3 is 2.29 bits per heavy atom. The second-order valence-electron chi connectivity index (χ2n) is 4.43. The van der Waals surface area contributed by atoms with Crippen molar-refractivity contribution in [3.05, 3.63) is 41.9 Å². The molecule has 2 rings (SSSR count). The summed E-state index contributed by atoms with van der Waals surface area (Å²) in [7, 11) is 3.03. The maximum absolute atomic E-state index is 13.8. The van der Waals surface area contributed by atoms with Gasteiger partial charge in [0.15, 0.2) is 23.1 Å². The van der Waals surface area contributed by atoms with Crippen molar-refractivity contribution in [2.75, 3.05) is 30.0 Å². The first-order chi connectivity index (χ1) is 9.90. The summed E-state index contributed by atoms with van der Waals surface area (Å²) < 4.78 is 27.6. The second-order valence-corrected chi connectivity index (χ2v) is 4.43. The number of hydrogen-bond acceptors (Lipinski definition) is 5. The minimum Gasteiger partial charge on any atom is -0.382 e. The molecule has 1 heterocycles. The van der Waals surface area contributed by atoms with Crippen molar-refractivity contribution >= 4 is 23.1 Å². The van der Waals surface area contributed by atoms with Crippen LogP contribution in [0.4, 0.5) is 26.0 Å². The zero-order chi connectivity index (χ0) is 15.6. The van der Waals surface area contributed by atoms with Gasteiger partial charge in [0.2, 0.25) is 0 Å². The van der Waals surface area contributed by atoms with Gasteiger partial charge in [-0.15, -0.1) is 0 Å². The molecule has 21 heavy (non-hydrogen) atoms. The third-order valence-electron chi connectivity index (χ3n) is 2.66. The summed E-state index contributed by atoms with van der Waals surface area (Å²) in [4.78, 5) is 20.7. The number of carbonyl (C=O) groups excluding carboxylic acids is 1. The van der Waals surface area contributed by atoms with Crippen LogP contribution in [0.5, 0.6) is 0 Å². The van der Waals surface area contributed by atoms with Crippen molar-refractivity contribution in [3.63, 3.8) is 0 Å². The quantitative estimate of drug-likeness (QED) is 0.899. The first-order valence-corrected chi connectivity index (χ1v) is 5.94. The van der Waals surface area contributed by atoms with Crippen LogP contribution < -0.4 is 16.0 Å². The largest absolute Gasteiger partial charge is 0.382 e. The van der Waals surface area contributed by atoms with Gasteiger partial charge in [0.05, 0.1) is 0 Å². The molecule has 0 bridgehead atoms. The SMILES string of the molecule is CN(C)c1c(F)cc(NC(=O)c2nccnc2N)cc1F. The monoisotopic (exact) mass is 293 g/mol. The summed E-state index contributed by atoms with van der Waals surface area (Å²) in [6, 6.07) is 2.03. The summed E-state index contributed by atoms with van der Waals surface area (Å²) in [5.74, 6) is -2.34. The van der Waals surface area contributed by atoms with Gasteiger partial charge < -0.3 is 16.0 Å². The van der Waals surface area contributed by atoms with E-state index < -0.39 is 17.5 Å². The molecular weight excluding hydrogens is 280 g/mol. The first-order valence-electron chi connectivity index (χ1n) is 5.94. The molecule has 0 unspecified atom stereocenters. The molecule has 1 aromatic heterocycles. The highest BCUT2D eigenvalue weighted by molar-refractivity contribution is 6.05. The fraction of sp³-hybridized carbons (Fsp3) is 0.154. The molecule has 0 radical (unpaired) electrons. The number of nitrogens with one attached hydrogen (secondary N) is 1. The van der Waals surface area contributed by atoms with Crippen molar-refractivity contribution in [1.82, 2.24) is 9.97 Å². The molecule has 6 nitrogen and oxygen atoms in total. The third kappa shape index (κ3) is 3.04. The molecule has 2 aromatic rings. The fourth-order valence-electron chi connectivity index (χ4n) is 1.78. The van der Waals surface area contributed by atoms with Gasteiger partial charge in [0, 0.05) is 32.2 Å².